The fourth-order valence-electron chi connectivity index (χ4n) is 3.83. The van der Waals surface area contributed by atoms with E-state index in [1.54, 1.807) is 6.07 Å². The number of carbonyl (C=O) groups excluding carboxylic acids is 1. The highest BCUT2D eigenvalue weighted by Crippen LogP contribution is 2.25. The van der Waals surface area contributed by atoms with Crippen LogP contribution >= 0.6 is 0 Å². The Morgan fingerprint density at radius 1 is 1.11 bits per heavy atom. The maximum Gasteiger partial charge on any atom is 0.314 e. The number of anilines is 1. The Balaban J connectivity index is 1.32. The summed E-state index contributed by atoms with van der Waals surface area (Å²) in [6, 6.07) is 3.86. The minimum Gasteiger partial charge on any atom is -0.371 e. The number of nitrogens with zero attached hydrogens (tertiary/aromatic N) is 2. The van der Waals surface area contributed by atoms with Crippen molar-refractivity contribution < 1.29 is 13.6 Å². The lowest BCUT2D eigenvalue weighted by Gasteiger charge is -2.30. The number of amides is 2. The van der Waals surface area contributed by atoms with Gasteiger partial charge in [0.15, 0.2) is 11.6 Å². The van der Waals surface area contributed by atoms with Crippen molar-refractivity contribution in [1.29, 1.82) is 0 Å². The van der Waals surface area contributed by atoms with Crippen LogP contribution < -0.4 is 15.5 Å². The Bertz CT molecular complexity index is 634. The number of likely N-dealkylation sites (tertiary alicyclic amines) is 1. The smallest absolute Gasteiger partial charge is 0.314 e. The normalized spacial score (nSPS) is 21.4. The molecular formula is C20H30F2N4O. The first kappa shape index (κ1) is 19.9. The van der Waals surface area contributed by atoms with Gasteiger partial charge in [0, 0.05) is 44.5 Å². The number of hydrogen-bond donors (Lipinski definition) is 2. The minimum atomic E-state index is -0.827. The fourth-order valence-corrected chi connectivity index (χ4v) is 3.83. The molecule has 1 aromatic carbocycles. The highest BCUT2D eigenvalue weighted by Gasteiger charge is 2.24. The van der Waals surface area contributed by atoms with Gasteiger partial charge in [-0.2, -0.15) is 0 Å². The van der Waals surface area contributed by atoms with E-state index in [2.05, 4.69) is 22.5 Å². The van der Waals surface area contributed by atoms with Crippen LogP contribution in [0.15, 0.2) is 18.2 Å². The Kier molecular flexibility index (Phi) is 6.88. The second-order valence-corrected chi connectivity index (χ2v) is 7.86. The molecular weight excluding hydrogens is 350 g/mol. The van der Waals surface area contributed by atoms with Gasteiger partial charge >= 0.3 is 6.03 Å². The molecule has 2 aliphatic heterocycles. The van der Waals surface area contributed by atoms with Crippen LogP contribution in [0.1, 0.15) is 26.2 Å². The first-order chi connectivity index (χ1) is 13.0. The first-order valence-electron chi connectivity index (χ1n) is 9.95. The van der Waals surface area contributed by atoms with Gasteiger partial charge < -0.3 is 20.4 Å². The lowest BCUT2D eigenvalue weighted by Crippen LogP contribution is -2.43. The summed E-state index contributed by atoms with van der Waals surface area (Å²) in [6.07, 6.45) is 3.40. The molecule has 0 unspecified atom stereocenters. The summed E-state index contributed by atoms with van der Waals surface area (Å²) < 4.78 is 26.4. The molecule has 0 aliphatic carbocycles. The van der Waals surface area contributed by atoms with E-state index in [0.29, 0.717) is 24.7 Å². The maximum atomic E-state index is 13.4. The maximum absolute atomic E-state index is 13.4. The third kappa shape index (κ3) is 5.79. The first-order valence-corrected chi connectivity index (χ1v) is 9.95. The molecule has 1 atom stereocenters. The van der Waals surface area contributed by atoms with Crippen molar-refractivity contribution in [2.45, 2.75) is 26.2 Å². The van der Waals surface area contributed by atoms with Gasteiger partial charge in [0.05, 0.1) is 0 Å². The van der Waals surface area contributed by atoms with E-state index in [0.717, 1.165) is 51.1 Å². The van der Waals surface area contributed by atoms with Crippen LogP contribution in [-0.2, 0) is 0 Å². The van der Waals surface area contributed by atoms with Crippen LogP contribution in [0.25, 0.3) is 0 Å². The molecule has 2 amide bonds. The summed E-state index contributed by atoms with van der Waals surface area (Å²) in [5, 5.41) is 5.86. The van der Waals surface area contributed by atoms with Crippen LogP contribution in [0.3, 0.4) is 0 Å². The van der Waals surface area contributed by atoms with Gasteiger partial charge in [0.2, 0.25) is 0 Å². The van der Waals surface area contributed by atoms with Crippen molar-refractivity contribution in [2.75, 3.05) is 50.7 Å². The van der Waals surface area contributed by atoms with E-state index in [1.165, 1.54) is 18.9 Å². The number of nitrogens with one attached hydrogen (secondary N) is 2. The van der Waals surface area contributed by atoms with Crippen LogP contribution in [0.2, 0.25) is 0 Å². The monoisotopic (exact) mass is 380 g/mol. The second-order valence-electron chi connectivity index (χ2n) is 7.86. The fraction of sp³-hybridized carbons (Fsp3) is 0.650. The SMILES string of the molecule is CC1CCN(CCNC(=O)NC[C@H]2CCN(c3ccc(F)c(F)c3)C2)CC1. The predicted octanol–water partition coefficient (Wildman–Crippen LogP) is 2.82. The number of carbonyl (C=O) groups is 1. The van der Waals surface area contributed by atoms with E-state index < -0.39 is 11.6 Å². The predicted molar refractivity (Wildman–Crippen MR) is 103 cm³/mol. The molecule has 2 N–H and O–H groups in total. The Hall–Kier alpha value is -1.89. The lowest BCUT2D eigenvalue weighted by atomic mass is 9.99. The molecule has 0 saturated carbocycles. The van der Waals surface area contributed by atoms with Crippen molar-refractivity contribution in [1.82, 2.24) is 15.5 Å². The van der Waals surface area contributed by atoms with Crippen molar-refractivity contribution in [3.8, 4) is 0 Å². The summed E-state index contributed by atoms with van der Waals surface area (Å²) in [5.41, 5.74) is 0.691. The van der Waals surface area contributed by atoms with E-state index in [-0.39, 0.29) is 6.03 Å². The van der Waals surface area contributed by atoms with Gasteiger partial charge in [-0.25, -0.2) is 13.6 Å². The van der Waals surface area contributed by atoms with Crippen molar-refractivity contribution in [3.63, 3.8) is 0 Å². The zero-order valence-corrected chi connectivity index (χ0v) is 16.0. The zero-order chi connectivity index (χ0) is 19.2. The van der Waals surface area contributed by atoms with Gasteiger partial charge in [0.1, 0.15) is 0 Å². The molecule has 0 bridgehead atoms. The van der Waals surface area contributed by atoms with Crippen LogP contribution in [-0.4, -0.2) is 56.7 Å². The molecule has 0 radical (unpaired) electrons. The van der Waals surface area contributed by atoms with E-state index in [4.69, 9.17) is 0 Å². The van der Waals surface area contributed by atoms with Crippen LogP contribution in [0.5, 0.6) is 0 Å². The van der Waals surface area contributed by atoms with Gasteiger partial charge in [-0.1, -0.05) is 6.92 Å². The number of piperidine rings is 1. The summed E-state index contributed by atoms with van der Waals surface area (Å²) in [4.78, 5) is 16.4. The van der Waals surface area contributed by atoms with Crippen molar-refractivity contribution in [2.24, 2.45) is 11.8 Å². The highest BCUT2D eigenvalue weighted by atomic mass is 19.2. The minimum absolute atomic E-state index is 0.133. The summed E-state index contributed by atoms with van der Waals surface area (Å²) in [6.45, 7) is 8.19. The summed E-state index contributed by atoms with van der Waals surface area (Å²) in [5.74, 6) is -0.522. The standard InChI is InChI=1S/C20H30F2N4O/c1-15-4-8-25(9-5-15)11-7-23-20(27)24-13-16-6-10-26(14-16)17-2-3-18(21)19(22)12-17/h2-3,12,15-16H,4-11,13-14H2,1H3,(H2,23,24,27)/t16-/m1/s1. The Morgan fingerprint density at radius 2 is 1.89 bits per heavy atom. The summed E-state index contributed by atoms with van der Waals surface area (Å²) >= 11 is 0. The molecule has 2 saturated heterocycles. The topological polar surface area (TPSA) is 47.6 Å². The molecule has 27 heavy (non-hydrogen) atoms. The Labute approximate surface area is 160 Å². The zero-order valence-electron chi connectivity index (χ0n) is 16.0. The highest BCUT2D eigenvalue weighted by molar-refractivity contribution is 5.73. The van der Waals surface area contributed by atoms with Crippen molar-refractivity contribution >= 4 is 11.7 Å². The largest absolute Gasteiger partial charge is 0.371 e. The molecule has 1 aromatic rings. The molecule has 5 nitrogen and oxygen atoms in total. The number of halogens is 2. The van der Waals surface area contributed by atoms with E-state index in [9.17, 15) is 13.6 Å². The van der Waals surface area contributed by atoms with Gasteiger partial charge in [-0.05, 0) is 56.3 Å². The third-order valence-electron chi connectivity index (χ3n) is 5.70. The van der Waals surface area contributed by atoms with Crippen LogP contribution in [0, 0.1) is 23.5 Å². The number of urea groups is 1. The number of rotatable bonds is 6. The van der Waals surface area contributed by atoms with Crippen LogP contribution in [0.4, 0.5) is 19.3 Å². The van der Waals surface area contributed by atoms with Gasteiger partial charge in [0.25, 0.3) is 0 Å². The number of benzene rings is 1. The number of hydrogen-bond acceptors (Lipinski definition) is 3. The van der Waals surface area contributed by atoms with E-state index >= 15 is 0 Å². The van der Waals surface area contributed by atoms with Gasteiger partial charge in [-0.15, -0.1) is 0 Å². The average Bonchev–Trinajstić information content (AvgIpc) is 3.13. The molecule has 7 heteroatoms. The molecule has 150 valence electrons. The molecule has 0 aromatic heterocycles. The molecule has 2 aliphatic rings. The third-order valence-corrected chi connectivity index (χ3v) is 5.70. The second kappa shape index (κ2) is 9.35. The van der Waals surface area contributed by atoms with Crippen molar-refractivity contribution in [3.05, 3.63) is 29.8 Å². The molecule has 0 spiro atoms. The molecule has 2 heterocycles. The summed E-state index contributed by atoms with van der Waals surface area (Å²) in [7, 11) is 0. The van der Waals surface area contributed by atoms with Gasteiger partial charge in [-0.3, -0.25) is 0 Å². The quantitative estimate of drug-likeness (QED) is 0.798. The lowest BCUT2D eigenvalue weighted by molar-refractivity contribution is 0.191. The Morgan fingerprint density at radius 3 is 2.63 bits per heavy atom. The average molecular weight is 380 g/mol. The molecule has 3 rings (SSSR count). The van der Waals surface area contributed by atoms with E-state index in [1.807, 2.05) is 4.90 Å². The molecule has 2 fully saturated rings.